The summed E-state index contributed by atoms with van der Waals surface area (Å²) in [4.78, 5) is 52.1. The lowest BCUT2D eigenvalue weighted by Gasteiger charge is -2.36. The third kappa shape index (κ3) is 5.18. The van der Waals surface area contributed by atoms with Crippen LogP contribution in [0.1, 0.15) is 60.8 Å². The predicted octanol–water partition coefficient (Wildman–Crippen LogP) is 5.77. The van der Waals surface area contributed by atoms with Crippen molar-refractivity contribution in [3.8, 4) is 0 Å². The Bertz CT molecular complexity index is 1220. The van der Waals surface area contributed by atoms with Crippen LogP contribution in [0.3, 0.4) is 0 Å². The number of esters is 1. The second-order valence-electron chi connectivity index (χ2n) is 11.6. The number of ether oxygens (including phenoxy) is 2. The summed E-state index contributed by atoms with van der Waals surface area (Å²) in [5.41, 5.74) is 0.580. The lowest BCUT2D eigenvalue weighted by atomic mass is 9.67. The minimum Gasteiger partial charge on any atom is -0.468 e. The first kappa shape index (κ1) is 27.7. The summed E-state index contributed by atoms with van der Waals surface area (Å²) in [6, 6.07) is 0. The summed E-state index contributed by atoms with van der Waals surface area (Å²) >= 11 is 0. The molecule has 2 aliphatic carbocycles. The van der Waals surface area contributed by atoms with Gasteiger partial charge in [-0.05, 0) is 74.3 Å². The van der Waals surface area contributed by atoms with Crippen molar-refractivity contribution in [3.05, 3.63) is 71.3 Å². The van der Waals surface area contributed by atoms with Crippen LogP contribution in [0.4, 0.5) is 0 Å². The number of rotatable bonds is 8. The molecule has 6 heteroatoms. The zero-order chi connectivity index (χ0) is 27.8. The number of carbonyl (C=O) groups excluding carboxylic acids is 4. The van der Waals surface area contributed by atoms with Crippen LogP contribution in [0.5, 0.6) is 0 Å². The molecule has 2 heterocycles. The van der Waals surface area contributed by atoms with Gasteiger partial charge in [-0.3, -0.25) is 19.2 Å². The van der Waals surface area contributed by atoms with Crippen molar-refractivity contribution < 1.29 is 28.7 Å². The molecule has 4 aliphatic rings. The topological polar surface area (TPSA) is 86.7 Å². The zero-order valence-corrected chi connectivity index (χ0v) is 23.2. The van der Waals surface area contributed by atoms with Crippen molar-refractivity contribution in [2.75, 3.05) is 0 Å². The molecule has 6 nitrogen and oxygen atoms in total. The summed E-state index contributed by atoms with van der Waals surface area (Å²) < 4.78 is 11.5. The highest BCUT2D eigenvalue weighted by molar-refractivity contribution is 6.12. The molecule has 0 amide bonds. The third-order valence-corrected chi connectivity index (χ3v) is 8.36. The maximum atomic E-state index is 13.4. The number of allylic oxidation sites excluding steroid dienone is 9. The highest BCUT2D eigenvalue weighted by Gasteiger charge is 2.62. The molecule has 0 spiro atoms. The van der Waals surface area contributed by atoms with Gasteiger partial charge < -0.3 is 9.47 Å². The second kappa shape index (κ2) is 10.8. The Labute approximate surface area is 225 Å². The van der Waals surface area contributed by atoms with E-state index in [1.165, 1.54) is 18.4 Å². The second-order valence-corrected chi connectivity index (χ2v) is 11.6. The average molecular weight is 519 g/mol. The molecular weight excluding hydrogens is 480 g/mol. The Balaban J connectivity index is 1.59. The molecule has 202 valence electrons. The molecule has 0 radical (unpaired) electrons. The van der Waals surface area contributed by atoms with Crippen molar-refractivity contribution in [1.29, 1.82) is 0 Å². The van der Waals surface area contributed by atoms with Crippen LogP contribution in [0.25, 0.3) is 0 Å². The first-order valence-electron chi connectivity index (χ1n) is 13.6. The summed E-state index contributed by atoms with van der Waals surface area (Å²) in [5.74, 6) is -2.44. The molecule has 2 aliphatic heterocycles. The molecule has 7 atom stereocenters. The maximum Gasteiger partial charge on any atom is 0.318 e. The number of hydrogen-bond donors (Lipinski definition) is 0. The van der Waals surface area contributed by atoms with Gasteiger partial charge >= 0.3 is 5.97 Å². The van der Waals surface area contributed by atoms with Crippen molar-refractivity contribution in [2.45, 2.75) is 66.4 Å². The fraction of sp³-hybridized carbons (Fsp3) is 0.500. The number of hydrogen-bond acceptors (Lipinski definition) is 6. The standard InChI is InChI=1S/C32H38O6/c1-7-18(2)13-20(4)14-19(3)11-12-25(34)29-30-23-17-37-26(28-21(5)9-8-10-24(28)33)15-22(23)16-27(35)32(30,6)38-31(29)36/h8,10-12,14-18,20-21,28-30H,7,9,13H2,1-6H3/b12-11+,19-14+/t18?,20?,21-,28?,29-,30-,32-/m0/s1. The fourth-order valence-corrected chi connectivity index (χ4v) is 6.08. The van der Waals surface area contributed by atoms with Crippen LogP contribution in [0, 0.1) is 35.5 Å². The van der Waals surface area contributed by atoms with Gasteiger partial charge in [-0.1, -0.05) is 57.9 Å². The molecule has 1 fully saturated rings. The highest BCUT2D eigenvalue weighted by atomic mass is 16.6. The van der Waals surface area contributed by atoms with E-state index in [9.17, 15) is 19.2 Å². The van der Waals surface area contributed by atoms with E-state index in [2.05, 4.69) is 26.8 Å². The molecule has 0 aromatic carbocycles. The van der Waals surface area contributed by atoms with E-state index in [1.54, 1.807) is 25.2 Å². The molecule has 38 heavy (non-hydrogen) atoms. The van der Waals surface area contributed by atoms with Crippen LogP contribution in [0.2, 0.25) is 0 Å². The molecule has 4 rings (SSSR count). The van der Waals surface area contributed by atoms with Crippen LogP contribution < -0.4 is 0 Å². The van der Waals surface area contributed by atoms with Gasteiger partial charge in [0.05, 0.1) is 18.1 Å². The zero-order valence-electron chi connectivity index (χ0n) is 23.2. The Morgan fingerprint density at radius 3 is 2.61 bits per heavy atom. The summed E-state index contributed by atoms with van der Waals surface area (Å²) in [5, 5.41) is 0. The van der Waals surface area contributed by atoms with Gasteiger partial charge in [0.15, 0.2) is 23.0 Å². The van der Waals surface area contributed by atoms with Gasteiger partial charge in [-0.25, -0.2) is 0 Å². The van der Waals surface area contributed by atoms with Crippen molar-refractivity contribution in [3.63, 3.8) is 0 Å². The highest BCUT2D eigenvalue weighted by Crippen LogP contribution is 2.50. The molecule has 1 saturated heterocycles. The lowest BCUT2D eigenvalue weighted by molar-refractivity contribution is -0.156. The summed E-state index contributed by atoms with van der Waals surface area (Å²) in [7, 11) is 0. The number of ketones is 3. The fourth-order valence-electron chi connectivity index (χ4n) is 6.08. The minimum absolute atomic E-state index is 0.0427. The van der Waals surface area contributed by atoms with E-state index in [0.717, 1.165) is 24.8 Å². The van der Waals surface area contributed by atoms with Crippen molar-refractivity contribution in [1.82, 2.24) is 0 Å². The smallest absolute Gasteiger partial charge is 0.318 e. The molecule has 0 saturated carbocycles. The quantitative estimate of drug-likeness (QED) is 0.176. The normalized spacial score (nSPS) is 32.5. The first-order chi connectivity index (χ1) is 18.0. The van der Waals surface area contributed by atoms with Crippen LogP contribution in [-0.2, 0) is 28.7 Å². The van der Waals surface area contributed by atoms with E-state index in [4.69, 9.17) is 9.47 Å². The Morgan fingerprint density at radius 2 is 1.92 bits per heavy atom. The van der Waals surface area contributed by atoms with E-state index in [1.807, 2.05) is 19.9 Å². The van der Waals surface area contributed by atoms with Gasteiger partial charge in [0.1, 0.15) is 11.7 Å². The van der Waals surface area contributed by atoms with Crippen LogP contribution in [0.15, 0.2) is 71.3 Å². The summed E-state index contributed by atoms with van der Waals surface area (Å²) in [6.07, 6.45) is 16.3. The van der Waals surface area contributed by atoms with Gasteiger partial charge in [0, 0.05) is 5.57 Å². The lowest BCUT2D eigenvalue weighted by Crippen LogP contribution is -2.46. The van der Waals surface area contributed by atoms with E-state index in [-0.39, 0.29) is 17.5 Å². The van der Waals surface area contributed by atoms with E-state index in [0.29, 0.717) is 28.7 Å². The molecule has 3 unspecified atom stereocenters. The van der Waals surface area contributed by atoms with Crippen LogP contribution >= 0.6 is 0 Å². The van der Waals surface area contributed by atoms with Crippen molar-refractivity contribution in [2.24, 2.45) is 35.5 Å². The number of fused-ring (bicyclic) bond motifs is 3. The van der Waals surface area contributed by atoms with Crippen molar-refractivity contribution >= 4 is 23.3 Å². The Morgan fingerprint density at radius 1 is 1.18 bits per heavy atom. The Hall–Kier alpha value is -3.28. The van der Waals surface area contributed by atoms with E-state index < -0.39 is 35.1 Å². The van der Waals surface area contributed by atoms with Gasteiger partial charge in [0.2, 0.25) is 0 Å². The maximum absolute atomic E-state index is 13.4. The minimum atomic E-state index is -1.48. The molecular formula is C32H38O6. The van der Waals surface area contributed by atoms with E-state index >= 15 is 0 Å². The largest absolute Gasteiger partial charge is 0.468 e. The Kier molecular flexibility index (Phi) is 7.91. The van der Waals surface area contributed by atoms with Crippen LogP contribution in [-0.4, -0.2) is 28.9 Å². The molecule has 0 N–H and O–H groups in total. The van der Waals surface area contributed by atoms with Gasteiger partial charge in [-0.2, -0.15) is 0 Å². The molecule has 0 aromatic heterocycles. The van der Waals surface area contributed by atoms with Gasteiger partial charge in [0.25, 0.3) is 0 Å². The predicted molar refractivity (Wildman–Crippen MR) is 144 cm³/mol. The van der Waals surface area contributed by atoms with Gasteiger partial charge in [-0.15, -0.1) is 0 Å². The average Bonchev–Trinajstić information content (AvgIpc) is 3.13. The molecule has 0 bridgehead atoms. The number of carbonyl (C=O) groups is 4. The first-order valence-corrected chi connectivity index (χ1v) is 13.6. The molecule has 0 aromatic rings. The SMILES string of the molecule is CCC(C)CC(C)/C=C(C)/C=C/C(=O)[C@@H]1C(=O)O[C@@]2(C)C(=O)C=C3C=C(C4C(=O)C=CC[C@@H]4C)OC=C3[C@@H]12. The summed E-state index contributed by atoms with van der Waals surface area (Å²) in [6.45, 7) is 12.0. The monoisotopic (exact) mass is 518 g/mol. The third-order valence-electron chi connectivity index (χ3n) is 8.36.